The Bertz CT molecular complexity index is 558. The molecule has 2 heterocycles. The predicted molar refractivity (Wildman–Crippen MR) is 81.0 cm³/mol. The number of carbonyl (C=O) groups is 2. The third-order valence-electron chi connectivity index (χ3n) is 3.63. The van der Waals surface area contributed by atoms with Crippen LogP contribution in [0, 0.1) is 0 Å². The number of carboxylic acids is 1. The maximum absolute atomic E-state index is 12.0. The zero-order valence-electron chi connectivity index (χ0n) is 13.2. The SMILES string of the molecule is CC(C)(C)OC(=O)N1CCC(c2cccnc2C(=O)O)CC1. The molecule has 0 bridgehead atoms. The van der Waals surface area contributed by atoms with Gasteiger partial charge in [-0.15, -0.1) is 0 Å². The van der Waals surface area contributed by atoms with Crippen molar-refractivity contribution in [2.24, 2.45) is 0 Å². The van der Waals surface area contributed by atoms with Gasteiger partial charge in [-0.05, 0) is 51.2 Å². The van der Waals surface area contributed by atoms with Crippen molar-refractivity contribution in [3.63, 3.8) is 0 Å². The van der Waals surface area contributed by atoms with Crippen molar-refractivity contribution >= 4 is 12.1 Å². The minimum absolute atomic E-state index is 0.109. The van der Waals surface area contributed by atoms with Crippen molar-refractivity contribution in [2.45, 2.75) is 45.1 Å². The zero-order chi connectivity index (χ0) is 16.3. The molecule has 2 rings (SSSR count). The molecule has 0 radical (unpaired) electrons. The highest BCUT2D eigenvalue weighted by Gasteiger charge is 2.29. The van der Waals surface area contributed by atoms with Crippen molar-refractivity contribution in [3.8, 4) is 0 Å². The van der Waals surface area contributed by atoms with Crippen LogP contribution in [0.1, 0.15) is 55.6 Å². The minimum Gasteiger partial charge on any atom is -0.477 e. The van der Waals surface area contributed by atoms with E-state index in [9.17, 15) is 14.7 Å². The number of ether oxygens (including phenoxy) is 1. The van der Waals surface area contributed by atoms with Gasteiger partial charge in [-0.3, -0.25) is 0 Å². The zero-order valence-corrected chi connectivity index (χ0v) is 13.2. The minimum atomic E-state index is -1.01. The third kappa shape index (κ3) is 3.96. The molecule has 0 spiro atoms. The molecule has 0 atom stereocenters. The number of aromatic carboxylic acids is 1. The standard InChI is InChI=1S/C16H22N2O4/c1-16(2,3)22-15(21)18-9-6-11(7-10-18)12-5-4-8-17-13(12)14(19)20/h4-5,8,11H,6-7,9-10H2,1-3H3,(H,19,20). The Labute approximate surface area is 130 Å². The average Bonchev–Trinajstić information content (AvgIpc) is 2.45. The van der Waals surface area contributed by atoms with Crippen LogP contribution in [0.3, 0.4) is 0 Å². The fourth-order valence-corrected chi connectivity index (χ4v) is 2.63. The summed E-state index contributed by atoms with van der Waals surface area (Å²) in [6.45, 7) is 6.65. The average molecular weight is 306 g/mol. The fourth-order valence-electron chi connectivity index (χ4n) is 2.63. The quantitative estimate of drug-likeness (QED) is 0.908. The molecule has 120 valence electrons. The van der Waals surface area contributed by atoms with Gasteiger partial charge in [0.15, 0.2) is 5.69 Å². The van der Waals surface area contributed by atoms with Gasteiger partial charge in [0, 0.05) is 19.3 Å². The van der Waals surface area contributed by atoms with Gasteiger partial charge in [-0.25, -0.2) is 14.6 Å². The second-order valence-corrected chi connectivity index (χ2v) is 6.49. The molecule has 1 aliphatic heterocycles. The molecule has 1 aromatic rings. The van der Waals surface area contributed by atoms with Gasteiger partial charge in [0.05, 0.1) is 0 Å². The number of rotatable bonds is 2. The number of carbonyl (C=O) groups excluding carboxylic acids is 1. The number of hydrogen-bond donors (Lipinski definition) is 1. The van der Waals surface area contributed by atoms with E-state index < -0.39 is 11.6 Å². The van der Waals surface area contributed by atoms with Crippen LogP contribution in [0.15, 0.2) is 18.3 Å². The Balaban J connectivity index is 2.01. The van der Waals surface area contributed by atoms with Crippen LogP contribution in [-0.4, -0.2) is 45.7 Å². The molecule has 0 unspecified atom stereocenters. The van der Waals surface area contributed by atoms with Gasteiger partial charge in [0.2, 0.25) is 0 Å². The lowest BCUT2D eigenvalue weighted by molar-refractivity contribution is 0.0203. The van der Waals surface area contributed by atoms with Crippen molar-refractivity contribution in [3.05, 3.63) is 29.6 Å². The van der Waals surface area contributed by atoms with Crippen molar-refractivity contribution < 1.29 is 19.4 Å². The highest BCUT2D eigenvalue weighted by Crippen LogP contribution is 2.30. The Morgan fingerprint density at radius 1 is 1.32 bits per heavy atom. The molecule has 1 amide bonds. The third-order valence-corrected chi connectivity index (χ3v) is 3.63. The Morgan fingerprint density at radius 2 is 1.95 bits per heavy atom. The van der Waals surface area contributed by atoms with E-state index in [4.69, 9.17) is 4.74 Å². The normalized spacial score (nSPS) is 16.4. The van der Waals surface area contributed by atoms with E-state index in [0.717, 1.165) is 5.56 Å². The van der Waals surface area contributed by atoms with Crippen LogP contribution >= 0.6 is 0 Å². The van der Waals surface area contributed by atoms with E-state index in [1.54, 1.807) is 11.0 Å². The van der Waals surface area contributed by atoms with Gasteiger partial charge >= 0.3 is 12.1 Å². The summed E-state index contributed by atoms with van der Waals surface area (Å²) in [6.07, 6.45) is 2.61. The number of hydrogen-bond acceptors (Lipinski definition) is 4. The lowest BCUT2D eigenvalue weighted by Gasteiger charge is -2.33. The van der Waals surface area contributed by atoms with Crippen LogP contribution in [0.4, 0.5) is 4.79 Å². The van der Waals surface area contributed by atoms with E-state index in [2.05, 4.69) is 4.98 Å². The maximum Gasteiger partial charge on any atom is 0.410 e. The first-order chi connectivity index (χ1) is 10.3. The van der Waals surface area contributed by atoms with Crippen LogP contribution in [-0.2, 0) is 4.74 Å². The molecule has 1 N–H and O–H groups in total. The molecule has 1 fully saturated rings. The number of nitrogens with zero attached hydrogens (tertiary/aromatic N) is 2. The molecule has 0 aromatic carbocycles. The van der Waals surface area contributed by atoms with E-state index in [0.29, 0.717) is 25.9 Å². The summed E-state index contributed by atoms with van der Waals surface area (Å²) in [6, 6.07) is 3.56. The summed E-state index contributed by atoms with van der Waals surface area (Å²) >= 11 is 0. The lowest BCUT2D eigenvalue weighted by Crippen LogP contribution is -2.41. The number of carboxylic acid groups (broad SMARTS) is 1. The number of piperidine rings is 1. The summed E-state index contributed by atoms with van der Waals surface area (Å²) in [5.41, 5.74) is 0.352. The number of pyridine rings is 1. The second-order valence-electron chi connectivity index (χ2n) is 6.49. The largest absolute Gasteiger partial charge is 0.477 e. The summed E-state index contributed by atoms with van der Waals surface area (Å²) in [5, 5.41) is 9.22. The Morgan fingerprint density at radius 3 is 2.50 bits per heavy atom. The molecule has 6 nitrogen and oxygen atoms in total. The van der Waals surface area contributed by atoms with Crippen molar-refractivity contribution in [2.75, 3.05) is 13.1 Å². The summed E-state index contributed by atoms with van der Waals surface area (Å²) in [5.74, 6) is -0.899. The van der Waals surface area contributed by atoms with Crippen molar-refractivity contribution in [1.82, 2.24) is 9.88 Å². The van der Waals surface area contributed by atoms with Gasteiger partial charge in [-0.2, -0.15) is 0 Å². The first kappa shape index (κ1) is 16.3. The van der Waals surface area contributed by atoms with Crippen LogP contribution in [0.2, 0.25) is 0 Å². The highest BCUT2D eigenvalue weighted by atomic mass is 16.6. The van der Waals surface area contributed by atoms with E-state index in [1.807, 2.05) is 26.8 Å². The number of likely N-dealkylation sites (tertiary alicyclic amines) is 1. The molecule has 1 aliphatic rings. The Hall–Kier alpha value is -2.11. The second kappa shape index (κ2) is 6.34. The van der Waals surface area contributed by atoms with Crippen molar-refractivity contribution in [1.29, 1.82) is 0 Å². The van der Waals surface area contributed by atoms with E-state index in [-0.39, 0.29) is 17.7 Å². The molecule has 6 heteroatoms. The predicted octanol–water partition coefficient (Wildman–Crippen LogP) is 2.89. The first-order valence-electron chi connectivity index (χ1n) is 7.44. The highest BCUT2D eigenvalue weighted by molar-refractivity contribution is 5.87. The van der Waals surface area contributed by atoms with Crippen LogP contribution < -0.4 is 0 Å². The van der Waals surface area contributed by atoms with E-state index in [1.165, 1.54) is 6.20 Å². The van der Waals surface area contributed by atoms with Crippen LogP contribution in [0.25, 0.3) is 0 Å². The van der Waals surface area contributed by atoms with Crippen LogP contribution in [0.5, 0.6) is 0 Å². The summed E-state index contributed by atoms with van der Waals surface area (Å²) in [4.78, 5) is 28.9. The summed E-state index contributed by atoms with van der Waals surface area (Å²) < 4.78 is 5.36. The molecule has 1 aromatic heterocycles. The molecular weight excluding hydrogens is 284 g/mol. The Kier molecular flexibility index (Phi) is 4.68. The first-order valence-corrected chi connectivity index (χ1v) is 7.44. The van der Waals surface area contributed by atoms with Gasteiger partial charge in [0.1, 0.15) is 5.60 Å². The van der Waals surface area contributed by atoms with E-state index >= 15 is 0 Å². The number of amides is 1. The fraction of sp³-hybridized carbons (Fsp3) is 0.562. The van der Waals surface area contributed by atoms with Gasteiger partial charge < -0.3 is 14.7 Å². The molecule has 22 heavy (non-hydrogen) atoms. The summed E-state index contributed by atoms with van der Waals surface area (Å²) in [7, 11) is 0. The van der Waals surface area contributed by atoms with Gasteiger partial charge in [-0.1, -0.05) is 6.07 Å². The molecular formula is C16H22N2O4. The molecule has 0 saturated carbocycles. The maximum atomic E-state index is 12.0. The van der Waals surface area contributed by atoms with Gasteiger partial charge in [0.25, 0.3) is 0 Å². The molecule has 0 aliphatic carbocycles. The lowest BCUT2D eigenvalue weighted by atomic mass is 9.88. The smallest absolute Gasteiger partial charge is 0.410 e. The molecule has 1 saturated heterocycles. The number of aromatic nitrogens is 1. The topological polar surface area (TPSA) is 79.7 Å². The monoisotopic (exact) mass is 306 g/mol.